The van der Waals surface area contributed by atoms with E-state index in [9.17, 15) is 9.59 Å². The van der Waals surface area contributed by atoms with Crippen LogP contribution in [0.1, 0.15) is 18.2 Å². The first-order valence-electron chi connectivity index (χ1n) is 10.7. The fraction of sp³-hybridized carbons (Fsp3) is 0.208. The number of anilines is 2. The number of aromatic nitrogens is 2. The lowest BCUT2D eigenvalue weighted by atomic mass is 10.1. The van der Waals surface area contributed by atoms with Crippen molar-refractivity contribution in [3.05, 3.63) is 66.6 Å². The molecule has 0 spiro atoms. The van der Waals surface area contributed by atoms with Crippen LogP contribution in [0.2, 0.25) is 0 Å². The summed E-state index contributed by atoms with van der Waals surface area (Å²) in [4.78, 5) is 32.6. The highest BCUT2D eigenvalue weighted by Crippen LogP contribution is 2.38. The van der Waals surface area contributed by atoms with E-state index >= 15 is 0 Å². The van der Waals surface area contributed by atoms with Gasteiger partial charge in [0.1, 0.15) is 25.0 Å². The number of carbonyl (C=O) groups excluding carboxylic acids is 2. The Morgan fingerprint density at radius 2 is 1.91 bits per heavy atom. The van der Waals surface area contributed by atoms with Crippen LogP contribution in [0.3, 0.4) is 0 Å². The smallest absolute Gasteiger partial charge is 0.253 e. The van der Waals surface area contributed by atoms with E-state index in [0.29, 0.717) is 42.1 Å². The standard InChI is InChI=1S/C24H20N4O5/c29-22(25-15-7-8-20-21(12-15)33-11-10-32-20)13-19-23(30)27(14-16-4-3-9-31-16)24-26-17-5-1-2-6-18(17)28(19)24/h1-9,12,19H,10-11,13-14H2,(H,25,29). The highest BCUT2D eigenvalue weighted by Gasteiger charge is 2.41. The Kier molecular flexibility index (Phi) is 4.53. The Hall–Kier alpha value is -4.27. The molecule has 4 aromatic rings. The van der Waals surface area contributed by atoms with Gasteiger partial charge in [0.25, 0.3) is 5.91 Å². The van der Waals surface area contributed by atoms with Gasteiger partial charge in [-0.2, -0.15) is 0 Å². The monoisotopic (exact) mass is 444 g/mol. The summed E-state index contributed by atoms with van der Waals surface area (Å²) < 4.78 is 18.4. The summed E-state index contributed by atoms with van der Waals surface area (Å²) in [5.74, 6) is 1.90. The van der Waals surface area contributed by atoms with Crippen LogP contribution >= 0.6 is 0 Å². The number of imidazole rings is 1. The Balaban J connectivity index is 1.28. The second-order valence-corrected chi connectivity index (χ2v) is 7.90. The predicted molar refractivity (Wildman–Crippen MR) is 119 cm³/mol. The molecule has 9 nitrogen and oxygen atoms in total. The topological polar surface area (TPSA) is 98.8 Å². The fourth-order valence-corrected chi connectivity index (χ4v) is 4.31. The first kappa shape index (κ1) is 19.4. The SMILES string of the molecule is O=C(CC1C(=O)N(Cc2ccco2)c2nc3ccccc3n21)Nc1ccc2c(c1)OCCO2. The number of hydrogen-bond donors (Lipinski definition) is 1. The molecule has 4 heterocycles. The summed E-state index contributed by atoms with van der Waals surface area (Å²) in [5, 5.41) is 2.87. The number of nitrogens with one attached hydrogen (secondary N) is 1. The van der Waals surface area contributed by atoms with Crippen LogP contribution < -0.4 is 19.7 Å². The molecule has 0 saturated carbocycles. The van der Waals surface area contributed by atoms with Gasteiger partial charge in [0.05, 0.1) is 30.3 Å². The molecule has 2 aromatic heterocycles. The lowest BCUT2D eigenvalue weighted by Crippen LogP contribution is -2.31. The molecule has 33 heavy (non-hydrogen) atoms. The van der Waals surface area contributed by atoms with Gasteiger partial charge in [-0.25, -0.2) is 4.98 Å². The number of fused-ring (bicyclic) bond motifs is 4. The van der Waals surface area contributed by atoms with E-state index in [-0.39, 0.29) is 24.8 Å². The van der Waals surface area contributed by atoms with Gasteiger partial charge < -0.3 is 19.2 Å². The van der Waals surface area contributed by atoms with Gasteiger partial charge >= 0.3 is 0 Å². The summed E-state index contributed by atoms with van der Waals surface area (Å²) >= 11 is 0. The lowest BCUT2D eigenvalue weighted by molar-refractivity contribution is -0.124. The molecule has 2 aromatic carbocycles. The van der Waals surface area contributed by atoms with Crippen LogP contribution in [0, 0.1) is 0 Å². The van der Waals surface area contributed by atoms with Crippen molar-refractivity contribution in [1.29, 1.82) is 0 Å². The highest BCUT2D eigenvalue weighted by molar-refractivity contribution is 6.05. The number of benzene rings is 2. The van der Waals surface area contributed by atoms with Crippen molar-refractivity contribution in [2.24, 2.45) is 0 Å². The number of rotatable bonds is 5. The van der Waals surface area contributed by atoms with Gasteiger partial charge in [0.15, 0.2) is 11.5 Å². The van der Waals surface area contributed by atoms with Gasteiger partial charge in [-0.15, -0.1) is 0 Å². The zero-order valence-corrected chi connectivity index (χ0v) is 17.6. The molecule has 1 unspecified atom stereocenters. The Morgan fingerprint density at radius 1 is 1.06 bits per heavy atom. The maximum absolute atomic E-state index is 13.4. The van der Waals surface area contributed by atoms with Crippen molar-refractivity contribution in [3.63, 3.8) is 0 Å². The number of para-hydroxylation sites is 2. The normalized spacial score (nSPS) is 16.8. The van der Waals surface area contributed by atoms with E-state index in [1.807, 2.05) is 34.9 Å². The minimum atomic E-state index is -0.709. The number of amides is 2. The predicted octanol–water partition coefficient (Wildman–Crippen LogP) is 3.52. The maximum Gasteiger partial charge on any atom is 0.253 e. The van der Waals surface area contributed by atoms with Crippen molar-refractivity contribution < 1.29 is 23.5 Å². The van der Waals surface area contributed by atoms with Gasteiger partial charge in [-0.1, -0.05) is 12.1 Å². The molecule has 0 bridgehead atoms. The van der Waals surface area contributed by atoms with Crippen LogP contribution in [0.25, 0.3) is 11.0 Å². The minimum Gasteiger partial charge on any atom is -0.486 e. The minimum absolute atomic E-state index is 0.0325. The van der Waals surface area contributed by atoms with Gasteiger partial charge in [-0.05, 0) is 36.4 Å². The molecule has 0 saturated heterocycles. The largest absolute Gasteiger partial charge is 0.486 e. The lowest BCUT2D eigenvalue weighted by Gasteiger charge is -2.19. The third kappa shape index (κ3) is 3.38. The van der Waals surface area contributed by atoms with Gasteiger partial charge in [0, 0.05) is 11.8 Å². The summed E-state index contributed by atoms with van der Waals surface area (Å²) in [6, 6.07) is 15.7. The quantitative estimate of drug-likeness (QED) is 0.506. The van der Waals surface area contributed by atoms with Crippen molar-refractivity contribution >= 4 is 34.5 Å². The zero-order chi connectivity index (χ0) is 22.4. The molecule has 0 aliphatic carbocycles. The molecule has 2 aliphatic rings. The van der Waals surface area contributed by atoms with E-state index < -0.39 is 6.04 Å². The van der Waals surface area contributed by atoms with Gasteiger partial charge in [0.2, 0.25) is 11.9 Å². The zero-order valence-electron chi connectivity index (χ0n) is 17.6. The third-order valence-corrected chi connectivity index (χ3v) is 5.78. The molecule has 2 amide bonds. The molecular weight excluding hydrogens is 424 g/mol. The summed E-state index contributed by atoms with van der Waals surface area (Å²) in [7, 11) is 0. The first-order chi connectivity index (χ1) is 16.2. The van der Waals surface area contributed by atoms with E-state index in [0.717, 1.165) is 11.0 Å². The van der Waals surface area contributed by atoms with Crippen molar-refractivity contribution in [2.75, 3.05) is 23.4 Å². The fourth-order valence-electron chi connectivity index (χ4n) is 4.31. The molecule has 2 aliphatic heterocycles. The van der Waals surface area contributed by atoms with Crippen LogP contribution in [0.5, 0.6) is 11.5 Å². The Morgan fingerprint density at radius 3 is 2.76 bits per heavy atom. The number of ether oxygens (including phenoxy) is 2. The van der Waals surface area contributed by atoms with Crippen LogP contribution in [0.4, 0.5) is 11.6 Å². The average Bonchev–Trinajstić information content (AvgIpc) is 3.53. The van der Waals surface area contributed by atoms with Crippen molar-refractivity contribution in [3.8, 4) is 11.5 Å². The molecule has 1 N–H and O–H groups in total. The summed E-state index contributed by atoms with van der Waals surface area (Å²) in [6.07, 6.45) is 1.53. The van der Waals surface area contributed by atoms with E-state index in [1.165, 1.54) is 0 Å². The first-order valence-corrected chi connectivity index (χ1v) is 10.7. The number of hydrogen-bond acceptors (Lipinski definition) is 6. The summed E-state index contributed by atoms with van der Waals surface area (Å²) in [6.45, 7) is 1.20. The molecule has 0 fully saturated rings. The number of furan rings is 1. The second kappa shape index (κ2) is 7.70. The molecular formula is C24H20N4O5. The van der Waals surface area contributed by atoms with Crippen LogP contribution in [0.15, 0.2) is 65.3 Å². The van der Waals surface area contributed by atoms with E-state index in [4.69, 9.17) is 13.9 Å². The number of carbonyl (C=O) groups is 2. The maximum atomic E-state index is 13.4. The van der Waals surface area contributed by atoms with E-state index in [1.54, 1.807) is 35.4 Å². The van der Waals surface area contributed by atoms with Gasteiger partial charge in [-0.3, -0.25) is 19.1 Å². The molecule has 6 rings (SSSR count). The van der Waals surface area contributed by atoms with Crippen LogP contribution in [-0.2, 0) is 16.1 Å². The van der Waals surface area contributed by atoms with Crippen LogP contribution in [-0.4, -0.2) is 34.6 Å². The highest BCUT2D eigenvalue weighted by atomic mass is 16.6. The summed E-state index contributed by atoms with van der Waals surface area (Å²) in [5.41, 5.74) is 2.15. The number of nitrogens with zero attached hydrogens (tertiary/aromatic N) is 3. The molecule has 0 radical (unpaired) electrons. The molecule has 9 heteroatoms. The molecule has 1 atom stereocenters. The van der Waals surface area contributed by atoms with Crippen molar-refractivity contribution in [2.45, 2.75) is 19.0 Å². The third-order valence-electron chi connectivity index (χ3n) is 5.78. The van der Waals surface area contributed by atoms with Crippen molar-refractivity contribution in [1.82, 2.24) is 9.55 Å². The Bertz CT molecular complexity index is 1360. The average molecular weight is 444 g/mol. The molecule has 166 valence electrons. The Labute approximate surface area is 188 Å². The van der Waals surface area contributed by atoms with E-state index in [2.05, 4.69) is 10.3 Å². The second-order valence-electron chi connectivity index (χ2n) is 7.90.